The van der Waals surface area contributed by atoms with Crippen molar-refractivity contribution in [3.05, 3.63) is 22.2 Å². The van der Waals surface area contributed by atoms with E-state index in [1.165, 1.54) is 0 Å². The molecule has 1 aliphatic rings. The molecule has 4 nitrogen and oxygen atoms in total. The molecule has 0 aliphatic carbocycles. The molecule has 1 unspecified atom stereocenters. The number of ether oxygens (including phenoxy) is 2. The Hall–Kier alpha value is -0.780. The van der Waals surface area contributed by atoms with Gasteiger partial charge in [-0.05, 0) is 33.6 Å². The van der Waals surface area contributed by atoms with E-state index in [9.17, 15) is 0 Å². The van der Waals surface area contributed by atoms with Crippen molar-refractivity contribution in [2.45, 2.75) is 6.04 Å². The van der Waals surface area contributed by atoms with E-state index in [-0.39, 0.29) is 6.04 Å². The van der Waals surface area contributed by atoms with Gasteiger partial charge in [0.1, 0.15) is 13.2 Å². The van der Waals surface area contributed by atoms with Gasteiger partial charge >= 0.3 is 0 Å². The quantitative estimate of drug-likeness (QED) is 0.848. The molecule has 0 aromatic heterocycles. The van der Waals surface area contributed by atoms with Gasteiger partial charge in [0.15, 0.2) is 11.5 Å². The Morgan fingerprint density at radius 1 is 1.33 bits per heavy atom. The van der Waals surface area contributed by atoms with Gasteiger partial charge in [0, 0.05) is 12.6 Å². The summed E-state index contributed by atoms with van der Waals surface area (Å²) in [5, 5.41) is 0. The Bertz CT molecular complexity index is 371. The fourth-order valence-electron chi connectivity index (χ4n) is 1.48. The average Bonchev–Trinajstić information content (AvgIpc) is 2.28. The molecule has 1 aromatic carbocycles. The van der Waals surface area contributed by atoms with Crippen LogP contribution in [0.4, 0.5) is 0 Å². The number of hydrogen-bond donors (Lipinski definition) is 2. The predicted octanol–water partition coefficient (Wildman–Crippen LogP) is 1.18. The molecule has 82 valence electrons. The first-order valence-corrected chi connectivity index (χ1v) is 5.56. The molecule has 1 aromatic rings. The SMILES string of the molecule is NCC(N)c1cc(Br)c2c(c1)OCCO2. The monoisotopic (exact) mass is 272 g/mol. The fraction of sp³-hybridized carbons (Fsp3) is 0.400. The topological polar surface area (TPSA) is 70.5 Å². The van der Waals surface area contributed by atoms with Gasteiger partial charge in [0.2, 0.25) is 0 Å². The van der Waals surface area contributed by atoms with Crippen LogP contribution < -0.4 is 20.9 Å². The Morgan fingerprint density at radius 3 is 2.80 bits per heavy atom. The Kier molecular flexibility index (Phi) is 3.14. The van der Waals surface area contributed by atoms with Gasteiger partial charge in [-0.3, -0.25) is 0 Å². The van der Waals surface area contributed by atoms with E-state index in [2.05, 4.69) is 15.9 Å². The molecule has 0 radical (unpaired) electrons. The van der Waals surface area contributed by atoms with E-state index in [1.807, 2.05) is 12.1 Å². The number of nitrogens with two attached hydrogens (primary N) is 2. The summed E-state index contributed by atoms with van der Waals surface area (Å²) in [5.74, 6) is 1.48. The first-order chi connectivity index (χ1) is 7.22. The van der Waals surface area contributed by atoms with Crippen molar-refractivity contribution < 1.29 is 9.47 Å². The summed E-state index contributed by atoms with van der Waals surface area (Å²) in [5.41, 5.74) is 12.3. The summed E-state index contributed by atoms with van der Waals surface area (Å²) in [6.07, 6.45) is 0. The van der Waals surface area contributed by atoms with E-state index >= 15 is 0 Å². The van der Waals surface area contributed by atoms with Crippen LogP contribution >= 0.6 is 15.9 Å². The summed E-state index contributed by atoms with van der Waals surface area (Å²) >= 11 is 3.43. The lowest BCUT2D eigenvalue weighted by molar-refractivity contribution is 0.170. The van der Waals surface area contributed by atoms with Gasteiger partial charge in [0.05, 0.1) is 4.47 Å². The fourth-order valence-corrected chi connectivity index (χ4v) is 2.06. The lowest BCUT2D eigenvalue weighted by atomic mass is 10.1. The summed E-state index contributed by atoms with van der Waals surface area (Å²) in [7, 11) is 0. The lowest BCUT2D eigenvalue weighted by Crippen LogP contribution is -2.22. The van der Waals surface area contributed by atoms with Gasteiger partial charge in [-0.2, -0.15) is 0 Å². The van der Waals surface area contributed by atoms with Gasteiger partial charge in [-0.1, -0.05) is 0 Å². The van der Waals surface area contributed by atoms with Gasteiger partial charge in [0.25, 0.3) is 0 Å². The largest absolute Gasteiger partial charge is 0.486 e. The van der Waals surface area contributed by atoms with Crippen molar-refractivity contribution in [2.75, 3.05) is 19.8 Å². The number of hydrogen-bond acceptors (Lipinski definition) is 4. The summed E-state index contributed by atoms with van der Waals surface area (Å²) in [6, 6.07) is 3.64. The Labute approximate surface area is 96.7 Å². The van der Waals surface area contributed by atoms with E-state index in [0.717, 1.165) is 21.5 Å². The van der Waals surface area contributed by atoms with Crippen LogP contribution in [0.1, 0.15) is 11.6 Å². The highest BCUT2D eigenvalue weighted by molar-refractivity contribution is 9.10. The van der Waals surface area contributed by atoms with Crippen molar-refractivity contribution >= 4 is 15.9 Å². The highest BCUT2D eigenvalue weighted by Gasteiger charge is 2.17. The van der Waals surface area contributed by atoms with E-state index in [1.54, 1.807) is 0 Å². The Balaban J connectivity index is 2.40. The molecule has 0 amide bonds. The normalized spacial score (nSPS) is 16.2. The highest BCUT2D eigenvalue weighted by atomic mass is 79.9. The summed E-state index contributed by atoms with van der Waals surface area (Å²) < 4.78 is 11.8. The molecule has 4 N–H and O–H groups in total. The van der Waals surface area contributed by atoms with Crippen molar-refractivity contribution in [1.82, 2.24) is 0 Å². The van der Waals surface area contributed by atoms with Crippen molar-refractivity contribution in [2.24, 2.45) is 11.5 Å². The molecule has 2 rings (SSSR count). The minimum absolute atomic E-state index is 0.169. The average molecular weight is 273 g/mol. The van der Waals surface area contributed by atoms with Crippen LogP contribution in [0.3, 0.4) is 0 Å². The molecular formula is C10H13BrN2O2. The van der Waals surface area contributed by atoms with E-state index in [0.29, 0.717) is 19.8 Å². The highest BCUT2D eigenvalue weighted by Crippen LogP contribution is 2.39. The third-order valence-electron chi connectivity index (χ3n) is 2.30. The van der Waals surface area contributed by atoms with Crippen molar-refractivity contribution in [3.8, 4) is 11.5 Å². The van der Waals surface area contributed by atoms with Gasteiger partial charge in [-0.25, -0.2) is 0 Å². The number of halogens is 1. The third kappa shape index (κ3) is 2.09. The summed E-state index contributed by atoms with van der Waals surface area (Å²) in [4.78, 5) is 0. The van der Waals surface area contributed by atoms with Gasteiger partial charge < -0.3 is 20.9 Å². The standard InChI is InChI=1S/C10H13BrN2O2/c11-7-3-6(8(13)5-12)4-9-10(7)15-2-1-14-9/h3-4,8H,1-2,5,12-13H2. The lowest BCUT2D eigenvalue weighted by Gasteiger charge is -2.21. The predicted molar refractivity (Wildman–Crippen MR) is 61.1 cm³/mol. The van der Waals surface area contributed by atoms with Crippen LogP contribution in [-0.4, -0.2) is 19.8 Å². The van der Waals surface area contributed by atoms with Crippen LogP contribution in [-0.2, 0) is 0 Å². The van der Waals surface area contributed by atoms with Crippen LogP contribution in [0.2, 0.25) is 0 Å². The van der Waals surface area contributed by atoms with Gasteiger partial charge in [-0.15, -0.1) is 0 Å². The van der Waals surface area contributed by atoms with E-state index < -0.39 is 0 Å². The number of fused-ring (bicyclic) bond motifs is 1. The maximum Gasteiger partial charge on any atom is 0.175 e. The zero-order valence-electron chi connectivity index (χ0n) is 8.20. The second kappa shape index (κ2) is 4.38. The number of rotatable bonds is 2. The molecule has 15 heavy (non-hydrogen) atoms. The van der Waals surface area contributed by atoms with Crippen LogP contribution in [0.15, 0.2) is 16.6 Å². The molecule has 1 atom stereocenters. The molecule has 0 bridgehead atoms. The second-order valence-corrected chi connectivity index (χ2v) is 4.22. The molecule has 0 saturated carbocycles. The maximum atomic E-state index is 5.85. The minimum atomic E-state index is -0.169. The van der Waals surface area contributed by atoms with Crippen LogP contribution in [0, 0.1) is 0 Å². The second-order valence-electron chi connectivity index (χ2n) is 3.37. The Morgan fingerprint density at radius 2 is 2.07 bits per heavy atom. The zero-order valence-corrected chi connectivity index (χ0v) is 9.79. The summed E-state index contributed by atoms with van der Waals surface area (Å²) in [6.45, 7) is 1.56. The first-order valence-electron chi connectivity index (χ1n) is 4.77. The smallest absolute Gasteiger partial charge is 0.175 e. The maximum absolute atomic E-state index is 5.85. The molecule has 1 heterocycles. The van der Waals surface area contributed by atoms with Crippen molar-refractivity contribution in [3.63, 3.8) is 0 Å². The molecule has 0 fully saturated rings. The minimum Gasteiger partial charge on any atom is -0.486 e. The molecule has 0 spiro atoms. The molecule has 0 saturated heterocycles. The molecular weight excluding hydrogens is 260 g/mol. The van der Waals surface area contributed by atoms with E-state index in [4.69, 9.17) is 20.9 Å². The molecule has 5 heteroatoms. The zero-order chi connectivity index (χ0) is 10.8. The third-order valence-corrected chi connectivity index (χ3v) is 2.89. The van der Waals surface area contributed by atoms with Crippen LogP contribution in [0.5, 0.6) is 11.5 Å². The van der Waals surface area contributed by atoms with Crippen molar-refractivity contribution in [1.29, 1.82) is 0 Å². The van der Waals surface area contributed by atoms with Crippen LogP contribution in [0.25, 0.3) is 0 Å². The molecule has 1 aliphatic heterocycles. The number of benzene rings is 1. The first kappa shape index (κ1) is 10.7.